The SMILES string of the molecule is CCc1nn(Cc2cccc(C)n2)c2cccc(CC(=O)c3cnc4cc(C(=O)NC5CCNC5)ccn34)c12. The number of fused-ring (bicyclic) bond motifs is 2. The molecule has 1 unspecified atom stereocenters. The monoisotopic (exact) mass is 521 g/mol. The fraction of sp³-hybridized carbons (Fsp3) is 0.300. The van der Waals surface area contributed by atoms with Crippen LogP contribution in [-0.4, -0.2) is 55.0 Å². The van der Waals surface area contributed by atoms with Crippen molar-refractivity contribution in [3.05, 3.63) is 94.8 Å². The van der Waals surface area contributed by atoms with Crippen LogP contribution in [0, 0.1) is 6.92 Å². The predicted molar refractivity (Wildman–Crippen MR) is 149 cm³/mol. The summed E-state index contributed by atoms with van der Waals surface area (Å²) in [7, 11) is 0. The number of aromatic nitrogens is 5. The Morgan fingerprint density at radius 1 is 1.15 bits per heavy atom. The van der Waals surface area contributed by atoms with Gasteiger partial charge < -0.3 is 10.6 Å². The molecule has 6 rings (SSSR count). The summed E-state index contributed by atoms with van der Waals surface area (Å²) in [6.07, 6.45) is 5.25. The second-order valence-electron chi connectivity index (χ2n) is 10.1. The highest BCUT2D eigenvalue weighted by Gasteiger charge is 2.21. The van der Waals surface area contributed by atoms with Crippen molar-refractivity contribution >= 4 is 28.2 Å². The van der Waals surface area contributed by atoms with Crippen molar-refractivity contribution in [2.24, 2.45) is 0 Å². The number of Topliss-reactive ketones (excluding diaryl/α,β-unsaturated/α-hetero) is 1. The van der Waals surface area contributed by atoms with Crippen LogP contribution in [0.4, 0.5) is 0 Å². The summed E-state index contributed by atoms with van der Waals surface area (Å²) in [4.78, 5) is 35.3. The van der Waals surface area contributed by atoms with E-state index >= 15 is 0 Å². The van der Waals surface area contributed by atoms with Crippen LogP contribution in [0.25, 0.3) is 16.6 Å². The quantitative estimate of drug-likeness (QED) is 0.303. The zero-order valence-electron chi connectivity index (χ0n) is 22.1. The molecule has 0 bridgehead atoms. The smallest absolute Gasteiger partial charge is 0.251 e. The molecule has 9 nitrogen and oxygen atoms in total. The maximum Gasteiger partial charge on any atom is 0.251 e. The number of carbonyl (C=O) groups is 2. The minimum Gasteiger partial charge on any atom is -0.348 e. The fourth-order valence-electron chi connectivity index (χ4n) is 5.38. The molecule has 5 heterocycles. The number of rotatable bonds is 8. The van der Waals surface area contributed by atoms with Crippen LogP contribution in [-0.2, 0) is 19.4 Å². The lowest BCUT2D eigenvalue weighted by molar-refractivity contribution is 0.0939. The first-order valence-corrected chi connectivity index (χ1v) is 13.4. The number of hydrogen-bond acceptors (Lipinski definition) is 6. The minimum atomic E-state index is -0.126. The Labute approximate surface area is 226 Å². The molecule has 2 N–H and O–H groups in total. The average Bonchev–Trinajstić information content (AvgIpc) is 3.68. The molecule has 0 aliphatic carbocycles. The van der Waals surface area contributed by atoms with E-state index in [1.807, 2.05) is 48.0 Å². The summed E-state index contributed by atoms with van der Waals surface area (Å²) >= 11 is 0. The Hall–Kier alpha value is -4.37. The molecule has 0 saturated carbocycles. The highest BCUT2D eigenvalue weighted by molar-refractivity contribution is 6.00. The number of ketones is 1. The number of nitrogens with zero attached hydrogens (tertiary/aromatic N) is 5. The van der Waals surface area contributed by atoms with Gasteiger partial charge >= 0.3 is 0 Å². The van der Waals surface area contributed by atoms with Gasteiger partial charge in [-0.2, -0.15) is 5.10 Å². The van der Waals surface area contributed by atoms with E-state index < -0.39 is 0 Å². The van der Waals surface area contributed by atoms with E-state index in [1.54, 1.807) is 28.9 Å². The van der Waals surface area contributed by atoms with E-state index in [9.17, 15) is 9.59 Å². The Balaban J connectivity index is 1.26. The highest BCUT2D eigenvalue weighted by Crippen LogP contribution is 2.26. The molecule has 1 fully saturated rings. The molecule has 1 atom stereocenters. The first-order chi connectivity index (χ1) is 19.0. The maximum atomic E-state index is 13.5. The van der Waals surface area contributed by atoms with Crippen LogP contribution < -0.4 is 10.6 Å². The van der Waals surface area contributed by atoms with Crippen LogP contribution in [0.3, 0.4) is 0 Å². The Morgan fingerprint density at radius 2 is 2.03 bits per heavy atom. The summed E-state index contributed by atoms with van der Waals surface area (Å²) in [5.74, 6) is -0.168. The van der Waals surface area contributed by atoms with Gasteiger partial charge in [0.15, 0.2) is 5.78 Å². The Morgan fingerprint density at radius 3 is 2.82 bits per heavy atom. The third kappa shape index (κ3) is 4.93. The largest absolute Gasteiger partial charge is 0.348 e. The van der Waals surface area contributed by atoms with Crippen molar-refractivity contribution in [2.75, 3.05) is 13.1 Å². The second kappa shape index (κ2) is 10.4. The Bertz CT molecular complexity index is 1690. The van der Waals surface area contributed by atoms with Gasteiger partial charge in [0.05, 0.1) is 29.6 Å². The lowest BCUT2D eigenvalue weighted by atomic mass is 10.0. The molecule has 1 amide bonds. The van der Waals surface area contributed by atoms with Crippen LogP contribution in [0.2, 0.25) is 0 Å². The zero-order valence-corrected chi connectivity index (χ0v) is 22.1. The fourth-order valence-corrected chi connectivity index (χ4v) is 5.38. The Kier molecular flexibility index (Phi) is 6.66. The molecule has 39 heavy (non-hydrogen) atoms. The van der Waals surface area contributed by atoms with Gasteiger partial charge in [0, 0.05) is 41.8 Å². The van der Waals surface area contributed by atoms with Crippen molar-refractivity contribution in [3.8, 4) is 0 Å². The zero-order chi connectivity index (χ0) is 26.9. The number of nitrogens with one attached hydrogen (secondary N) is 2. The molecular weight excluding hydrogens is 490 g/mol. The van der Waals surface area contributed by atoms with E-state index in [4.69, 9.17) is 5.10 Å². The molecule has 4 aromatic heterocycles. The average molecular weight is 522 g/mol. The lowest BCUT2D eigenvalue weighted by Gasteiger charge is -2.11. The van der Waals surface area contributed by atoms with Gasteiger partial charge in [-0.1, -0.05) is 25.1 Å². The summed E-state index contributed by atoms with van der Waals surface area (Å²) in [6, 6.07) is 15.6. The summed E-state index contributed by atoms with van der Waals surface area (Å²) in [5.41, 5.74) is 6.41. The summed E-state index contributed by atoms with van der Waals surface area (Å²) in [6.45, 7) is 6.32. The molecule has 1 aliphatic rings. The van der Waals surface area contributed by atoms with E-state index in [0.29, 0.717) is 23.4 Å². The normalized spacial score (nSPS) is 15.3. The van der Waals surface area contributed by atoms with Crippen molar-refractivity contribution in [1.82, 2.24) is 34.8 Å². The lowest BCUT2D eigenvalue weighted by Crippen LogP contribution is -2.36. The maximum absolute atomic E-state index is 13.5. The molecule has 0 radical (unpaired) electrons. The molecule has 1 aromatic carbocycles. The van der Waals surface area contributed by atoms with E-state index in [-0.39, 0.29) is 24.2 Å². The van der Waals surface area contributed by atoms with Crippen molar-refractivity contribution in [1.29, 1.82) is 0 Å². The highest BCUT2D eigenvalue weighted by atomic mass is 16.1. The minimum absolute atomic E-state index is 0.0422. The van der Waals surface area contributed by atoms with Gasteiger partial charge in [0.2, 0.25) is 0 Å². The summed E-state index contributed by atoms with van der Waals surface area (Å²) in [5, 5.41) is 12.2. The standard InChI is InChI=1S/C30H31N7O2/c1-3-24-29-20(7-5-9-25(29)37(35-24)18-23-8-4-6-19(2)33-23)14-27(38)26-17-32-28-15-21(11-13-36(26)28)30(39)34-22-10-12-31-16-22/h4-9,11,13,15,17,22,31H,3,10,12,14,16,18H2,1-2H3,(H,34,39). The number of benzene rings is 1. The number of carbonyl (C=O) groups excluding carboxylic acids is 2. The molecule has 5 aromatic rings. The van der Waals surface area contributed by atoms with Crippen molar-refractivity contribution < 1.29 is 9.59 Å². The summed E-state index contributed by atoms with van der Waals surface area (Å²) < 4.78 is 3.73. The molecule has 1 aliphatic heterocycles. The van der Waals surface area contributed by atoms with Crippen LogP contribution in [0.5, 0.6) is 0 Å². The third-order valence-corrected chi connectivity index (χ3v) is 7.34. The van der Waals surface area contributed by atoms with Gasteiger partial charge in [-0.15, -0.1) is 0 Å². The molecular formula is C30H31N7O2. The first kappa shape index (κ1) is 24.9. The molecule has 1 saturated heterocycles. The number of aryl methyl sites for hydroxylation is 2. The molecule has 0 spiro atoms. The number of pyridine rings is 2. The van der Waals surface area contributed by atoms with Gasteiger partial charge in [-0.05, 0) is 62.2 Å². The molecule has 198 valence electrons. The number of hydrogen-bond donors (Lipinski definition) is 2. The van der Waals surface area contributed by atoms with E-state index in [2.05, 4.69) is 27.5 Å². The van der Waals surface area contributed by atoms with E-state index in [1.165, 1.54) is 0 Å². The van der Waals surface area contributed by atoms with Crippen LogP contribution in [0.1, 0.15) is 56.8 Å². The first-order valence-electron chi connectivity index (χ1n) is 13.4. The van der Waals surface area contributed by atoms with Gasteiger partial charge in [0.1, 0.15) is 11.3 Å². The number of imidazole rings is 1. The van der Waals surface area contributed by atoms with Crippen LogP contribution in [0.15, 0.2) is 60.9 Å². The van der Waals surface area contributed by atoms with Crippen molar-refractivity contribution in [2.45, 2.75) is 45.7 Å². The van der Waals surface area contributed by atoms with E-state index in [0.717, 1.165) is 59.5 Å². The second-order valence-corrected chi connectivity index (χ2v) is 10.1. The topological polar surface area (TPSA) is 106 Å². The van der Waals surface area contributed by atoms with Gasteiger partial charge in [-0.3, -0.25) is 23.7 Å². The van der Waals surface area contributed by atoms with Crippen LogP contribution >= 0.6 is 0 Å². The molecule has 9 heteroatoms. The van der Waals surface area contributed by atoms with Gasteiger partial charge in [-0.25, -0.2) is 4.98 Å². The number of amides is 1. The van der Waals surface area contributed by atoms with Gasteiger partial charge in [0.25, 0.3) is 5.91 Å². The van der Waals surface area contributed by atoms with Crippen molar-refractivity contribution in [3.63, 3.8) is 0 Å². The predicted octanol–water partition coefficient (Wildman–Crippen LogP) is 3.52. The third-order valence-electron chi connectivity index (χ3n) is 7.34.